The zero-order valence-electron chi connectivity index (χ0n) is 23.2. The molecule has 7 heteroatoms. The molecule has 6 nitrogen and oxygen atoms in total. The number of benzene rings is 3. The van der Waals surface area contributed by atoms with E-state index in [0.29, 0.717) is 16.8 Å². The largest absolute Gasteiger partial charge is 0.354 e. The number of fused-ring (bicyclic) bond motifs is 1. The molecular formula is C34H34N4O2S. The molecule has 1 atom stereocenters. The van der Waals surface area contributed by atoms with Crippen molar-refractivity contribution in [2.24, 2.45) is 0 Å². The molecule has 6 rings (SSSR count). The molecule has 3 heterocycles. The first kappa shape index (κ1) is 27.0. The highest BCUT2D eigenvalue weighted by Gasteiger charge is 2.30. The molecule has 3 aromatic carbocycles. The number of carbonyl (C=O) groups is 2. The Balaban J connectivity index is 1.33. The third kappa shape index (κ3) is 5.97. The third-order valence-electron chi connectivity index (χ3n) is 7.80. The van der Waals surface area contributed by atoms with E-state index >= 15 is 0 Å². The first-order valence-electron chi connectivity index (χ1n) is 14.3. The van der Waals surface area contributed by atoms with Gasteiger partial charge in [-0.05, 0) is 85.3 Å². The fourth-order valence-electron chi connectivity index (χ4n) is 5.68. The van der Waals surface area contributed by atoms with Crippen LogP contribution in [-0.2, 0) is 11.3 Å². The predicted octanol–water partition coefficient (Wildman–Crippen LogP) is 7.16. The highest BCUT2D eigenvalue weighted by atomic mass is 32.1. The molecule has 0 saturated carbocycles. The molecule has 3 N–H and O–H groups in total. The zero-order chi connectivity index (χ0) is 28.2. The summed E-state index contributed by atoms with van der Waals surface area (Å²) in [5.74, 6) is -0.350. The fourth-order valence-corrected chi connectivity index (χ4v) is 6.33. The number of anilines is 2. The van der Waals surface area contributed by atoms with E-state index in [1.807, 2.05) is 65.4 Å². The lowest BCUT2D eigenvalue weighted by Crippen LogP contribution is -2.28. The Labute approximate surface area is 245 Å². The Hall–Kier alpha value is -4.20. The number of amides is 2. The van der Waals surface area contributed by atoms with Crippen LogP contribution in [-0.4, -0.2) is 29.8 Å². The molecule has 0 bridgehead atoms. The summed E-state index contributed by atoms with van der Waals surface area (Å²) in [6.45, 7) is 5.25. The topological polar surface area (TPSA) is 73.5 Å². The van der Waals surface area contributed by atoms with Crippen LogP contribution >= 0.6 is 11.3 Å². The Kier molecular flexibility index (Phi) is 7.98. The lowest BCUT2D eigenvalue weighted by Gasteiger charge is -2.18. The molecule has 1 saturated heterocycles. The van der Waals surface area contributed by atoms with Gasteiger partial charge >= 0.3 is 0 Å². The second-order valence-corrected chi connectivity index (χ2v) is 11.4. The van der Waals surface area contributed by atoms with Crippen LogP contribution in [0.4, 0.5) is 11.4 Å². The van der Waals surface area contributed by atoms with Gasteiger partial charge in [-0.2, -0.15) is 11.3 Å². The van der Waals surface area contributed by atoms with Gasteiger partial charge in [0.2, 0.25) is 0 Å². The van der Waals surface area contributed by atoms with E-state index in [4.69, 9.17) is 0 Å². The first-order valence-corrected chi connectivity index (χ1v) is 15.2. The van der Waals surface area contributed by atoms with Gasteiger partial charge in [-0.3, -0.25) is 14.5 Å². The molecular weight excluding hydrogens is 528 g/mol. The number of nitrogens with zero attached hydrogens (tertiary/aromatic N) is 1. The highest BCUT2D eigenvalue weighted by Crippen LogP contribution is 2.39. The number of nitrogens with one attached hydrogen (secondary N) is 3. The monoisotopic (exact) mass is 562 g/mol. The maximum atomic E-state index is 13.4. The number of hydrogen-bond acceptors (Lipinski definition) is 5. The molecule has 0 unspecified atom stereocenters. The second-order valence-electron chi connectivity index (χ2n) is 10.6. The third-order valence-corrected chi connectivity index (χ3v) is 8.49. The number of hydrogen-bond donors (Lipinski definition) is 3. The minimum Gasteiger partial charge on any atom is -0.354 e. The van der Waals surface area contributed by atoms with Crippen molar-refractivity contribution in [3.63, 3.8) is 0 Å². The average Bonchev–Trinajstić information content (AvgIpc) is 3.77. The summed E-state index contributed by atoms with van der Waals surface area (Å²) in [6, 6.07) is 25.7. The van der Waals surface area contributed by atoms with Crippen LogP contribution in [0, 0.1) is 0 Å². The normalized spacial score (nSPS) is 16.7. The van der Waals surface area contributed by atoms with Crippen LogP contribution < -0.4 is 16.0 Å². The minimum atomic E-state index is -0.185. The van der Waals surface area contributed by atoms with E-state index in [9.17, 15) is 9.59 Å². The van der Waals surface area contributed by atoms with E-state index in [-0.39, 0.29) is 17.9 Å². The number of carbonyl (C=O) groups excluding carboxylic acids is 2. The zero-order valence-corrected chi connectivity index (χ0v) is 24.0. The van der Waals surface area contributed by atoms with Crippen molar-refractivity contribution in [1.29, 1.82) is 0 Å². The SMILES string of the molecule is CC[C@@H](NC(=O)c1ccc2c(c1)/C(=C(/Nc1cccc(CN3CCCC3)c1)c1ccsc1)C(=O)N2)c1ccccc1. The lowest BCUT2D eigenvalue weighted by molar-refractivity contribution is -0.110. The number of thiophene rings is 1. The lowest BCUT2D eigenvalue weighted by atomic mass is 9.98. The summed E-state index contributed by atoms with van der Waals surface area (Å²) < 4.78 is 0. The van der Waals surface area contributed by atoms with Crippen molar-refractivity contribution in [2.45, 2.75) is 38.8 Å². The summed E-state index contributed by atoms with van der Waals surface area (Å²) in [5.41, 5.74) is 7.38. The molecule has 0 aliphatic carbocycles. The molecule has 0 radical (unpaired) electrons. The summed E-state index contributed by atoms with van der Waals surface area (Å²) in [6.07, 6.45) is 3.29. The predicted molar refractivity (Wildman–Crippen MR) is 168 cm³/mol. The maximum Gasteiger partial charge on any atom is 0.258 e. The summed E-state index contributed by atoms with van der Waals surface area (Å²) in [5, 5.41) is 13.8. The summed E-state index contributed by atoms with van der Waals surface area (Å²) in [7, 11) is 0. The minimum absolute atomic E-state index is 0.0948. The van der Waals surface area contributed by atoms with Crippen LogP contribution in [0.1, 0.15) is 64.8 Å². The van der Waals surface area contributed by atoms with E-state index in [1.165, 1.54) is 18.4 Å². The second kappa shape index (κ2) is 12.1. The van der Waals surface area contributed by atoms with Crippen molar-refractivity contribution >= 4 is 45.8 Å². The van der Waals surface area contributed by atoms with Crippen LogP contribution in [0.5, 0.6) is 0 Å². The van der Waals surface area contributed by atoms with Gasteiger partial charge in [0, 0.05) is 40.0 Å². The Bertz CT molecular complexity index is 1570. The molecule has 1 aromatic heterocycles. The van der Waals surface area contributed by atoms with Crippen LogP contribution in [0.15, 0.2) is 89.6 Å². The van der Waals surface area contributed by atoms with Gasteiger partial charge < -0.3 is 16.0 Å². The van der Waals surface area contributed by atoms with E-state index in [1.54, 1.807) is 17.4 Å². The van der Waals surface area contributed by atoms with Gasteiger partial charge in [-0.25, -0.2) is 0 Å². The smallest absolute Gasteiger partial charge is 0.258 e. The molecule has 2 aliphatic heterocycles. The van der Waals surface area contributed by atoms with Crippen LogP contribution in [0.3, 0.4) is 0 Å². The van der Waals surface area contributed by atoms with Gasteiger partial charge in [0.1, 0.15) is 0 Å². The average molecular weight is 563 g/mol. The molecule has 208 valence electrons. The van der Waals surface area contributed by atoms with Crippen molar-refractivity contribution in [3.05, 3.63) is 117 Å². The van der Waals surface area contributed by atoms with Gasteiger partial charge in [0.15, 0.2) is 0 Å². The van der Waals surface area contributed by atoms with E-state index in [2.05, 4.69) is 46.0 Å². The van der Waals surface area contributed by atoms with Crippen molar-refractivity contribution in [3.8, 4) is 0 Å². The van der Waals surface area contributed by atoms with Crippen LogP contribution in [0.2, 0.25) is 0 Å². The van der Waals surface area contributed by atoms with Gasteiger partial charge in [0.25, 0.3) is 11.8 Å². The van der Waals surface area contributed by atoms with Crippen LogP contribution in [0.25, 0.3) is 11.3 Å². The standard InChI is InChI=1S/C34H34N4O2S/c1-2-29(24-10-4-3-5-11-24)36-33(39)25-13-14-30-28(20-25)31(34(40)37-30)32(26-15-18-41-22-26)35-27-12-8-9-23(19-27)21-38-16-6-7-17-38/h3-5,8-15,18-20,22,29,35H,2,6-7,16-17,21H2,1H3,(H,36,39)(H,37,40)/b32-31-/t29-/m1/s1. The molecule has 4 aromatic rings. The van der Waals surface area contributed by atoms with E-state index in [0.717, 1.165) is 54.1 Å². The van der Waals surface area contributed by atoms with Crippen molar-refractivity contribution < 1.29 is 9.59 Å². The quantitative estimate of drug-likeness (QED) is 0.189. The molecule has 2 amide bonds. The fraction of sp³-hybridized carbons (Fsp3) is 0.235. The van der Waals surface area contributed by atoms with Gasteiger partial charge in [0.05, 0.1) is 17.3 Å². The number of likely N-dealkylation sites (tertiary alicyclic amines) is 1. The van der Waals surface area contributed by atoms with E-state index < -0.39 is 0 Å². The van der Waals surface area contributed by atoms with Gasteiger partial charge in [-0.15, -0.1) is 0 Å². The Morgan fingerprint density at radius 1 is 0.976 bits per heavy atom. The van der Waals surface area contributed by atoms with Gasteiger partial charge in [-0.1, -0.05) is 49.4 Å². The molecule has 0 spiro atoms. The van der Waals surface area contributed by atoms with Crippen molar-refractivity contribution in [1.82, 2.24) is 10.2 Å². The summed E-state index contributed by atoms with van der Waals surface area (Å²) in [4.78, 5) is 29.3. The Morgan fingerprint density at radius 2 is 1.80 bits per heavy atom. The number of rotatable bonds is 9. The first-order chi connectivity index (χ1) is 20.1. The summed E-state index contributed by atoms with van der Waals surface area (Å²) >= 11 is 1.58. The molecule has 2 aliphatic rings. The molecule has 41 heavy (non-hydrogen) atoms. The molecule has 1 fully saturated rings. The highest BCUT2D eigenvalue weighted by molar-refractivity contribution is 7.08. The Morgan fingerprint density at radius 3 is 2.56 bits per heavy atom. The maximum absolute atomic E-state index is 13.4. The van der Waals surface area contributed by atoms with Crippen molar-refractivity contribution in [2.75, 3.05) is 23.7 Å².